The maximum Gasteiger partial charge on any atom is 0.123 e. The molecule has 1 aromatic rings. The minimum Gasteiger partial charge on any atom is -0.324 e. The van der Waals surface area contributed by atoms with Crippen LogP contribution in [-0.2, 0) is 0 Å². The van der Waals surface area contributed by atoms with E-state index in [0.717, 1.165) is 5.56 Å². The lowest BCUT2D eigenvalue weighted by Crippen LogP contribution is -2.43. The third-order valence-electron chi connectivity index (χ3n) is 2.01. The third kappa shape index (κ3) is 2.50. The molecule has 1 atom stereocenters. The van der Waals surface area contributed by atoms with Gasteiger partial charge in [0.15, 0.2) is 0 Å². The average Bonchev–Trinajstić information content (AvgIpc) is 2.01. The summed E-state index contributed by atoms with van der Waals surface area (Å²) in [4.78, 5) is 0. The molecule has 0 bridgehead atoms. The van der Waals surface area contributed by atoms with E-state index in [1.807, 2.05) is 13.8 Å². The van der Waals surface area contributed by atoms with Crippen LogP contribution in [0.2, 0.25) is 0 Å². The van der Waals surface area contributed by atoms with Crippen molar-refractivity contribution in [3.8, 4) is 0 Å². The molecular formula is C10H15FN2. The van der Waals surface area contributed by atoms with Gasteiger partial charge in [-0.15, -0.1) is 0 Å². The molecule has 1 aromatic carbocycles. The van der Waals surface area contributed by atoms with E-state index >= 15 is 0 Å². The number of benzene rings is 1. The lowest BCUT2D eigenvalue weighted by molar-refractivity contribution is 0.419. The zero-order valence-electron chi connectivity index (χ0n) is 7.92. The molecule has 0 amide bonds. The van der Waals surface area contributed by atoms with E-state index < -0.39 is 5.54 Å². The second kappa shape index (κ2) is 3.44. The molecule has 72 valence electrons. The molecule has 2 nitrogen and oxygen atoms in total. The van der Waals surface area contributed by atoms with Crippen molar-refractivity contribution < 1.29 is 4.39 Å². The van der Waals surface area contributed by atoms with E-state index in [-0.39, 0.29) is 11.9 Å². The summed E-state index contributed by atoms with van der Waals surface area (Å²) in [6, 6.07) is 5.88. The Morgan fingerprint density at radius 3 is 2.46 bits per heavy atom. The van der Waals surface area contributed by atoms with Gasteiger partial charge in [0.2, 0.25) is 0 Å². The normalized spacial score (nSPS) is 14.2. The van der Waals surface area contributed by atoms with Gasteiger partial charge in [-0.25, -0.2) is 4.39 Å². The summed E-state index contributed by atoms with van der Waals surface area (Å²) >= 11 is 0. The first kappa shape index (κ1) is 10.2. The van der Waals surface area contributed by atoms with Crippen molar-refractivity contribution in [3.05, 3.63) is 35.6 Å². The fourth-order valence-electron chi connectivity index (χ4n) is 1.13. The van der Waals surface area contributed by atoms with Crippen molar-refractivity contribution >= 4 is 0 Å². The highest BCUT2D eigenvalue weighted by Gasteiger charge is 2.22. The molecule has 0 saturated heterocycles. The number of nitrogens with two attached hydrogens (primary N) is 2. The van der Waals surface area contributed by atoms with Crippen LogP contribution in [0.25, 0.3) is 0 Å². The molecule has 0 aliphatic heterocycles. The van der Waals surface area contributed by atoms with Gasteiger partial charge in [-0.05, 0) is 31.5 Å². The molecule has 0 radical (unpaired) electrons. The summed E-state index contributed by atoms with van der Waals surface area (Å²) in [6.07, 6.45) is 0. The minimum atomic E-state index is -0.534. The quantitative estimate of drug-likeness (QED) is 0.729. The molecule has 0 spiro atoms. The van der Waals surface area contributed by atoms with Gasteiger partial charge < -0.3 is 11.5 Å². The van der Waals surface area contributed by atoms with Crippen LogP contribution in [0.5, 0.6) is 0 Å². The molecule has 4 N–H and O–H groups in total. The molecule has 13 heavy (non-hydrogen) atoms. The Kier molecular flexibility index (Phi) is 2.68. The molecule has 1 rings (SSSR count). The molecule has 1 unspecified atom stereocenters. The molecular weight excluding hydrogens is 167 g/mol. The molecule has 0 aromatic heterocycles. The Morgan fingerprint density at radius 1 is 1.38 bits per heavy atom. The van der Waals surface area contributed by atoms with Crippen LogP contribution in [0.4, 0.5) is 4.39 Å². The predicted octanol–water partition coefficient (Wildman–Crippen LogP) is 1.56. The summed E-state index contributed by atoms with van der Waals surface area (Å²) in [5, 5.41) is 0. The SMILES string of the molecule is CC(C)(N)C(N)c1cccc(F)c1. The molecule has 0 saturated carbocycles. The van der Waals surface area contributed by atoms with Gasteiger partial charge in [-0.1, -0.05) is 12.1 Å². The van der Waals surface area contributed by atoms with Crippen molar-refractivity contribution in [2.45, 2.75) is 25.4 Å². The summed E-state index contributed by atoms with van der Waals surface area (Å²) < 4.78 is 12.8. The average molecular weight is 182 g/mol. The first-order valence-corrected chi connectivity index (χ1v) is 4.21. The van der Waals surface area contributed by atoms with Crippen LogP contribution < -0.4 is 11.5 Å². The van der Waals surface area contributed by atoms with Crippen molar-refractivity contribution in [2.75, 3.05) is 0 Å². The Bertz CT molecular complexity index is 291. The maximum absolute atomic E-state index is 12.8. The van der Waals surface area contributed by atoms with Crippen molar-refractivity contribution in [1.82, 2.24) is 0 Å². The smallest absolute Gasteiger partial charge is 0.123 e. The van der Waals surface area contributed by atoms with Crippen LogP contribution in [0, 0.1) is 5.82 Å². The fourth-order valence-corrected chi connectivity index (χ4v) is 1.13. The lowest BCUT2D eigenvalue weighted by atomic mass is 9.90. The van der Waals surface area contributed by atoms with Crippen LogP contribution in [-0.4, -0.2) is 5.54 Å². The number of hydrogen-bond acceptors (Lipinski definition) is 2. The predicted molar refractivity (Wildman–Crippen MR) is 51.6 cm³/mol. The Hall–Kier alpha value is -0.930. The van der Waals surface area contributed by atoms with Gasteiger partial charge in [0.1, 0.15) is 5.82 Å². The second-order valence-electron chi connectivity index (χ2n) is 3.85. The van der Waals surface area contributed by atoms with Crippen LogP contribution in [0.1, 0.15) is 25.5 Å². The number of halogens is 1. The Morgan fingerprint density at radius 2 is 2.00 bits per heavy atom. The highest BCUT2D eigenvalue weighted by Crippen LogP contribution is 2.20. The van der Waals surface area contributed by atoms with Gasteiger partial charge in [-0.3, -0.25) is 0 Å². The summed E-state index contributed by atoms with van der Waals surface area (Å²) in [5.74, 6) is -0.280. The van der Waals surface area contributed by atoms with Crippen molar-refractivity contribution in [2.24, 2.45) is 11.5 Å². The zero-order valence-corrected chi connectivity index (χ0v) is 7.92. The highest BCUT2D eigenvalue weighted by atomic mass is 19.1. The number of hydrogen-bond donors (Lipinski definition) is 2. The fraction of sp³-hybridized carbons (Fsp3) is 0.400. The maximum atomic E-state index is 12.8. The summed E-state index contributed by atoms with van der Waals surface area (Å²) in [5.41, 5.74) is 11.9. The summed E-state index contributed by atoms with van der Waals surface area (Å²) in [7, 11) is 0. The zero-order chi connectivity index (χ0) is 10.1. The Balaban J connectivity index is 2.96. The van der Waals surface area contributed by atoms with Gasteiger partial charge in [0, 0.05) is 11.6 Å². The monoisotopic (exact) mass is 182 g/mol. The first-order chi connectivity index (χ1) is 5.91. The third-order valence-corrected chi connectivity index (χ3v) is 2.01. The van der Waals surface area contributed by atoms with E-state index in [4.69, 9.17) is 11.5 Å². The van der Waals surface area contributed by atoms with E-state index in [2.05, 4.69) is 0 Å². The molecule has 0 fully saturated rings. The van der Waals surface area contributed by atoms with E-state index in [1.165, 1.54) is 12.1 Å². The second-order valence-corrected chi connectivity index (χ2v) is 3.85. The lowest BCUT2D eigenvalue weighted by Gasteiger charge is -2.27. The molecule has 0 aliphatic carbocycles. The van der Waals surface area contributed by atoms with Crippen LogP contribution in [0.3, 0.4) is 0 Å². The van der Waals surface area contributed by atoms with Gasteiger partial charge in [0.05, 0.1) is 0 Å². The summed E-state index contributed by atoms with van der Waals surface area (Å²) in [6.45, 7) is 3.64. The van der Waals surface area contributed by atoms with Crippen molar-refractivity contribution in [1.29, 1.82) is 0 Å². The molecule has 3 heteroatoms. The first-order valence-electron chi connectivity index (χ1n) is 4.21. The van der Waals surface area contributed by atoms with E-state index in [0.29, 0.717) is 0 Å². The largest absolute Gasteiger partial charge is 0.324 e. The van der Waals surface area contributed by atoms with Gasteiger partial charge >= 0.3 is 0 Å². The van der Waals surface area contributed by atoms with E-state index in [1.54, 1.807) is 12.1 Å². The van der Waals surface area contributed by atoms with Gasteiger partial charge in [-0.2, -0.15) is 0 Å². The Labute approximate surface area is 77.7 Å². The van der Waals surface area contributed by atoms with Gasteiger partial charge in [0.25, 0.3) is 0 Å². The molecule has 0 heterocycles. The van der Waals surface area contributed by atoms with E-state index in [9.17, 15) is 4.39 Å². The van der Waals surface area contributed by atoms with Crippen LogP contribution in [0.15, 0.2) is 24.3 Å². The minimum absolute atomic E-state index is 0.280. The highest BCUT2D eigenvalue weighted by molar-refractivity contribution is 5.22. The topological polar surface area (TPSA) is 52.0 Å². The number of rotatable bonds is 2. The molecule has 0 aliphatic rings. The standard InChI is InChI=1S/C10H15FN2/c1-10(2,13)9(12)7-4-3-5-8(11)6-7/h3-6,9H,12-13H2,1-2H3. The van der Waals surface area contributed by atoms with Crippen molar-refractivity contribution in [3.63, 3.8) is 0 Å². The van der Waals surface area contributed by atoms with Crippen LogP contribution >= 0.6 is 0 Å².